The third-order valence-electron chi connectivity index (χ3n) is 5.28. The predicted octanol–water partition coefficient (Wildman–Crippen LogP) is 2.41. The summed E-state index contributed by atoms with van der Waals surface area (Å²) < 4.78 is 1.72. The van der Waals surface area contributed by atoms with Crippen molar-refractivity contribution in [3.63, 3.8) is 0 Å². The summed E-state index contributed by atoms with van der Waals surface area (Å²) in [6.07, 6.45) is 5.68. The summed E-state index contributed by atoms with van der Waals surface area (Å²) >= 11 is 0. The number of nitrogens with zero attached hydrogens (tertiary/aromatic N) is 6. The molecule has 8 nitrogen and oxygen atoms in total. The molecule has 0 atom stereocenters. The van der Waals surface area contributed by atoms with Crippen LogP contribution in [0.3, 0.4) is 0 Å². The number of benzene rings is 1. The fraction of sp³-hybridized carbons (Fsp3) is 0.421. The van der Waals surface area contributed by atoms with Gasteiger partial charge in [0.15, 0.2) is 5.82 Å². The number of carbonyl (C=O) groups is 1. The second kappa shape index (κ2) is 7.30. The number of amides is 1. The van der Waals surface area contributed by atoms with Gasteiger partial charge in [0, 0.05) is 38.3 Å². The molecule has 1 saturated carbocycles. The molecule has 8 heteroatoms. The van der Waals surface area contributed by atoms with Crippen molar-refractivity contribution in [3.05, 3.63) is 36.5 Å². The van der Waals surface area contributed by atoms with E-state index in [2.05, 4.69) is 25.6 Å². The Morgan fingerprint density at radius 3 is 2.74 bits per heavy atom. The van der Waals surface area contributed by atoms with E-state index < -0.39 is 0 Å². The van der Waals surface area contributed by atoms with E-state index in [0.717, 1.165) is 36.7 Å². The van der Waals surface area contributed by atoms with E-state index >= 15 is 0 Å². The molecule has 0 bridgehead atoms. The number of hydrogen-bond donors (Lipinski definition) is 1. The van der Waals surface area contributed by atoms with Gasteiger partial charge in [-0.15, -0.1) is 5.10 Å². The van der Waals surface area contributed by atoms with Crippen molar-refractivity contribution >= 4 is 22.9 Å². The Kier molecular flexibility index (Phi) is 4.70. The standard InChI is InChI=1S/C19H23N7O/c1-13(27)25(2)15-9-7-14(8-10-15)21-19-20-12-11-18(22-19)26-17-6-4-3-5-16(17)23-24-26/h3-6,11-12,14-15H,7-10H2,1-2H3,(H,20,21,22)/t14-,15-. The Balaban J connectivity index is 1.46. The van der Waals surface area contributed by atoms with Crippen molar-refractivity contribution in [1.82, 2.24) is 29.9 Å². The highest BCUT2D eigenvalue weighted by Gasteiger charge is 2.25. The second-order valence-corrected chi connectivity index (χ2v) is 7.01. The third kappa shape index (κ3) is 3.60. The van der Waals surface area contributed by atoms with E-state index in [1.807, 2.05) is 42.3 Å². The van der Waals surface area contributed by atoms with Crippen LogP contribution in [0, 0.1) is 0 Å². The Labute approximate surface area is 157 Å². The number of carbonyl (C=O) groups excluding carboxylic acids is 1. The van der Waals surface area contributed by atoms with Crippen LogP contribution >= 0.6 is 0 Å². The zero-order chi connectivity index (χ0) is 18.8. The van der Waals surface area contributed by atoms with Crippen LogP contribution in [-0.4, -0.2) is 54.9 Å². The molecule has 0 saturated heterocycles. The molecule has 4 rings (SSSR count). The first kappa shape index (κ1) is 17.4. The third-order valence-corrected chi connectivity index (χ3v) is 5.28. The Bertz CT molecular complexity index is 946. The molecule has 1 aliphatic carbocycles. The van der Waals surface area contributed by atoms with Gasteiger partial charge in [0.2, 0.25) is 11.9 Å². The molecule has 3 aromatic rings. The number of aromatic nitrogens is 5. The normalized spacial score (nSPS) is 19.8. The lowest BCUT2D eigenvalue weighted by Gasteiger charge is -2.34. The lowest BCUT2D eigenvalue weighted by Crippen LogP contribution is -2.40. The zero-order valence-corrected chi connectivity index (χ0v) is 15.5. The highest BCUT2D eigenvalue weighted by atomic mass is 16.2. The number of nitrogens with one attached hydrogen (secondary N) is 1. The molecule has 0 aliphatic heterocycles. The van der Waals surface area contributed by atoms with Gasteiger partial charge < -0.3 is 10.2 Å². The topological polar surface area (TPSA) is 88.8 Å². The van der Waals surface area contributed by atoms with E-state index in [1.54, 1.807) is 17.8 Å². The fourth-order valence-electron chi connectivity index (χ4n) is 3.62. The fourth-order valence-corrected chi connectivity index (χ4v) is 3.62. The number of para-hydroxylation sites is 1. The number of rotatable bonds is 4. The summed E-state index contributed by atoms with van der Waals surface area (Å²) in [5.74, 6) is 1.41. The summed E-state index contributed by atoms with van der Waals surface area (Å²) in [7, 11) is 1.88. The molecule has 1 aromatic carbocycles. The number of fused-ring (bicyclic) bond motifs is 1. The van der Waals surface area contributed by atoms with Gasteiger partial charge in [0.05, 0.1) is 5.52 Å². The molecule has 0 unspecified atom stereocenters. The van der Waals surface area contributed by atoms with E-state index in [0.29, 0.717) is 23.8 Å². The Morgan fingerprint density at radius 1 is 1.19 bits per heavy atom. The van der Waals surface area contributed by atoms with Crippen molar-refractivity contribution < 1.29 is 4.79 Å². The minimum Gasteiger partial charge on any atom is -0.351 e. The largest absolute Gasteiger partial charge is 0.351 e. The molecule has 27 heavy (non-hydrogen) atoms. The predicted molar refractivity (Wildman–Crippen MR) is 103 cm³/mol. The van der Waals surface area contributed by atoms with Gasteiger partial charge in [-0.05, 0) is 37.8 Å². The second-order valence-electron chi connectivity index (χ2n) is 7.01. The molecule has 0 spiro atoms. The van der Waals surface area contributed by atoms with Crippen molar-refractivity contribution in [2.24, 2.45) is 0 Å². The first-order chi connectivity index (χ1) is 13.1. The number of hydrogen-bond acceptors (Lipinski definition) is 6. The minimum absolute atomic E-state index is 0.127. The summed E-state index contributed by atoms with van der Waals surface area (Å²) in [6.45, 7) is 1.62. The molecule has 1 fully saturated rings. The zero-order valence-electron chi connectivity index (χ0n) is 15.5. The Morgan fingerprint density at radius 2 is 1.96 bits per heavy atom. The molecular weight excluding hydrogens is 342 g/mol. The molecule has 2 heterocycles. The monoisotopic (exact) mass is 365 g/mol. The van der Waals surface area contributed by atoms with Gasteiger partial charge in [-0.1, -0.05) is 17.3 Å². The van der Waals surface area contributed by atoms with Crippen molar-refractivity contribution in [1.29, 1.82) is 0 Å². The summed E-state index contributed by atoms with van der Waals surface area (Å²) in [5.41, 5.74) is 1.74. The van der Waals surface area contributed by atoms with Crippen molar-refractivity contribution in [2.45, 2.75) is 44.7 Å². The van der Waals surface area contributed by atoms with Crippen molar-refractivity contribution in [3.8, 4) is 5.82 Å². The van der Waals surface area contributed by atoms with Gasteiger partial charge in [0.25, 0.3) is 0 Å². The molecule has 1 aliphatic rings. The van der Waals surface area contributed by atoms with E-state index in [-0.39, 0.29) is 5.91 Å². The van der Waals surface area contributed by atoms with Gasteiger partial charge in [0.1, 0.15) is 5.52 Å². The average molecular weight is 365 g/mol. The van der Waals surface area contributed by atoms with Gasteiger partial charge >= 0.3 is 0 Å². The SMILES string of the molecule is CC(=O)N(C)[C@H]1CC[C@H](Nc2nccc(-n3nnc4ccccc43)n2)CC1. The van der Waals surface area contributed by atoms with Crippen LogP contribution < -0.4 is 5.32 Å². The maximum Gasteiger partial charge on any atom is 0.224 e. The maximum atomic E-state index is 11.5. The van der Waals surface area contributed by atoms with E-state index in [1.165, 1.54) is 0 Å². The smallest absolute Gasteiger partial charge is 0.224 e. The molecule has 1 amide bonds. The van der Waals surface area contributed by atoms with Crippen LogP contribution in [0.4, 0.5) is 5.95 Å². The van der Waals surface area contributed by atoms with Crippen LogP contribution in [0.25, 0.3) is 16.9 Å². The van der Waals surface area contributed by atoms with Crippen LogP contribution in [0.5, 0.6) is 0 Å². The van der Waals surface area contributed by atoms with Gasteiger partial charge in [-0.25, -0.2) is 4.98 Å². The van der Waals surface area contributed by atoms with E-state index in [4.69, 9.17) is 0 Å². The molecule has 140 valence electrons. The maximum absolute atomic E-state index is 11.5. The summed E-state index contributed by atoms with van der Waals surface area (Å²) in [6, 6.07) is 10.3. The minimum atomic E-state index is 0.127. The highest BCUT2D eigenvalue weighted by molar-refractivity contribution is 5.75. The molecule has 2 aromatic heterocycles. The quantitative estimate of drug-likeness (QED) is 0.764. The highest BCUT2D eigenvalue weighted by Crippen LogP contribution is 2.24. The van der Waals surface area contributed by atoms with Crippen molar-refractivity contribution in [2.75, 3.05) is 12.4 Å². The van der Waals surface area contributed by atoms with Gasteiger partial charge in [-0.2, -0.15) is 9.67 Å². The van der Waals surface area contributed by atoms with Crippen LogP contribution in [0.1, 0.15) is 32.6 Å². The lowest BCUT2D eigenvalue weighted by atomic mass is 9.90. The first-order valence-electron chi connectivity index (χ1n) is 9.25. The Hall–Kier alpha value is -3.03. The van der Waals surface area contributed by atoms with Crippen LogP contribution in [-0.2, 0) is 4.79 Å². The first-order valence-corrected chi connectivity index (χ1v) is 9.25. The molecule has 0 radical (unpaired) electrons. The molecular formula is C19H23N7O. The van der Waals surface area contributed by atoms with Crippen LogP contribution in [0.2, 0.25) is 0 Å². The van der Waals surface area contributed by atoms with Crippen LogP contribution in [0.15, 0.2) is 36.5 Å². The summed E-state index contributed by atoms with van der Waals surface area (Å²) in [5, 5.41) is 11.8. The number of anilines is 1. The lowest BCUT2D eigenvalue weighted by molar-refractivity contribution is -0.130. The average Bonchev–Trinajstić information content (AvgIpc) is 3.12. The molecule has 1 N–H and O–H groups in total. The van der Waals surface area contributed by atoms with E-state index in [9.17, 15) is 4.79 Å². The van der Waals surface area contributed by atoms with Gasteiger partial charge in [-0.3, -0.25) is 4.79 Å². The summed E-state index contributed by atoms with van der Waals surface area (Å²) in [4.78, 5) is 22.4.